The van der Waals surface area contributed by atoms with E-state index in [2.05, 4.69) is 4.72 Å². The van der Waals surface area contributed by atoms with Gasteiger partial charge in [0.15, 0.2) is 0 Å². The van der Waals surface area contributed by atoms with Gasteiger partial charge in [-0.05, 0) is 73.5 Å². The first-order chi connectivity index (χ1) is 17.5. The summed E-state index contributed by atoms with van der Waals surface area (Å²) in [7, 11) is -8.39. The van der Waals surface area contributed by atoms with Crippen molar-refractivity contribution in [3.63, 3.8) is 0 Å². The van der Waals surface area contributed by atoms with Gasteiger partial charge >= 0.3 is 5.97 Å². The van der Waals surface area contributed by atoms with Gasteiger partial charge in [-0.1, -0.05) is 18.2 Å². The Bertz CT molecular complexity index is 1430. The van der Waals surface area contributed by atoms with Gasteiger partial charge in [-0.3, -0.25) is 9.59 Å². The van der Waals surface area contributed by atoms with Gasteiger partial charge in [0.05, 0.1) is 9.79 Å². The van der Waals surface area contributed by atoms with E-state index in [1.165, 1.54) is 72.8 Å². The molecule has 0 aliphatic carbocycles. The van der Waals surface area contributed by atoms with E-state index >= 15 is 0 Å². The van der Waals surface area contributed by atoms with Gasteiger partial charge in [0.25, 0.3) is 10.0 Å². The van der Waals surface area contributed by atoms with E-state index in [1.807, 2.05) is 0 Å². The fourth-order valence-electron chi connectivity index (χ4n) is 3.22. The number of rotatable bonds is 13. The van der Waals surface area contributed by atoms with Crippen LogP contribution in [0.3, 0.4) is 0 Å². The quantitative estimate of drug-likeness (QED) is 0.309. The Morgan fingerprint density at radius 2 is 1.49 bits per heavy atom. The average molecular weight is 551 g/mol. The van der Waals surface area contributed by atoms with Crippen molar-refractivity contribution in [1.29, 1.82) is 0 Å². The van der Waals surface area contributed by atoms with Crippen LogP contribution in [0.1, 0.15) is 12.8 Å². The number of halogens is 1. The van der Waals surface area contributed by atoms with Gasteiger partial charge in [-0.15, -0.1) is 0 Å². The number of benzene rings is 3. The minimum atomic E-state index is -4.26. The maximum Gasteiger partial charge on any atom is 0.321 e. The number of carbonyl (C=O) groups is 2. The van der Waals surface area contributed by atoms with Crippen LogP contribution >= 0.6 is 0 Å². The lowest BCUT2D eigenvalue weighted by Crippen LogP contribution is -2.41. The highest BCUT2D eigenvalue weighted by atomic mass is 32.2. The van der Waals surface area contributed by atoms with Crippen LogP contribution < -0.4 is 9.46 Å². The van der Waals surface area contributed by atoms with Crippen molar-refractivity contribution in [2.75, 3.05) is 6.54 Å². The molecule has 0 heterocycles. The highest BCUT2D eigenvalue weighted by Crippen LogP contribution is 2.23. The van der Waals surface area contributed by atoms with Gasteiger partial charge in [-0.25, -0.2) is 25.5 Å². The van der Waals surface area contributed by atoms with Crippen molar-refractivity contribution in [2.24, 2.45) is 0 Å². The van der Waals surface area contributed by atoms with Gasteiger partial charge in [-0.2, -0.15) is 4.72 Å². The summed E-state index contributed by atoms with van der Waals surface area (Å²) in [5.41, 5.74) is 0. The zero-order valence-electron chi connectivity index (χ0n) is 19.2. The number of amides is 1. The van der Waals surface area contributed by atoms with Gasteiger partial charge in [0.2, 0.25) is 16.4 Å². The van der Waals surface area contributed by atoms with E-state index in [-0.39, 0.29) is 41.3 Å². The minimum absolute atomic E-state index is 0.107. The topological polar surface area (TPSA) is 147 Å². The van der Waals surface area contributed by atoms with E-state index in [4.69, 9.17) is 4.74 Å². The lowest BCUT2D eigenvalue weighted by Gasteiger charge is -2.19. The second-order valence-electron chi connectivity index (χ2n) is 7.72. The number of carbonyl (C=O) groups excluding carboxylic acids is 1. The largest absolute Gasteiger partial charge is 0.480 e. The Kier molecular flexibility index (Phi) is 8.97. The Morgan fingerprint density at radius 3 is 2.03 bits per heavy atom. The van der Waals surface area contributed by atoms with Crippen molar-refractivity contribution in [3.8, 4) is 11.5 Å². The molecule has 0 unspecified atom stereocenters. The second-order valence-corrected chi connectivity index (χ2v) is 11.3. The molecule has 0 fully saturated rings. The molecule has 1 atom stereocenters. The zero-order chi connectivity index (χ0) is 27.1. The number of sulfonamides is 2. The molecule has 10 nitrogen and oxygen atoms in total. The Hall–Kier alpha value is -3.81. The number of hydrogen-bond acceptors (Lipinski definition) is 7. The fourth-order valence-corrected chi connectivity index (χ4v) is 5.70. The molecule has 196 valence electrons. The van der Waals surface area contributed by atoms with Crippen LogP contribution in [0.4, 0.5) is 4.39 Å². The molecular formula is C24H23FN2O8S2. The molecule has 0 aliphatic heterocycles. The van der Waals surface area contributed by atoms with Crippen LogP contribution in [-0.2, 0) is 29.6 Å². The standard InChI is InChI=1S/C24H23FN2O8S2/c25-18-8-10-19(11-9-18)35-20-12-14-21(15-13-20)36(31,32)26-23(24(29)30)7-4-16-27(17-28)37(33,34)22-5-2-1-3-6-22/h1-3,5-6,8-15,17,23,26H,4,7,16H2,(H,29,30)/t23-/m1/s1. The van der Waals surface area contributed by atoms with Crippen LogP contribution in [0.2, 0.25) is 0 Å². The van der Waals surface area contributed by atoms with Crippen LogP contribution in [0.5, 0.6) is 11.5 Å². The maximum atomic E-state index is 13.0. The van der Waals surface area contributed by atoms with Gasteiger partial charge in [0, 0.05) is 6.54 Å². The molecule has 3 rings (SSSR count). The van der Waals surface area contributed by atoms with Crippen LogP contribution in [-0.4, -0.2) is 51.2 Å². The molecule has 2 N–H and O–H groups in total. The lowest BCUT2D eigenvalue weighted by atomic mass is 10.2. The smallest absolute Gasteiger partial charge is 0.321 e. The number of nitrogens with one attached hydrogen (secondary N) is 1. The van der Waals surface area contributed by atoms with Crippen LogP contribution in [0.15, 0.2) is 88.7 Å². The number of hydrogen-bond donors (Lipinski definition) is 2. The van der Waals surface area contributed by atoms with Gasteiger partial charge < -0.3 is 9.84 Å². The van der Waals surface area contributed by atoms with Crippen molar-refractivity contribution in [1.82, 2.24) is 9.03 Å². The Balaban J connectivity index is 1.63. The van der Waals surface area contributed by atoms with Crippen LogP contribution in [0, 0.1) is 5.82 Å². The predicted octanol–water partition coefficient (Wildman–Crippen LogP) is 2.98. The van der Waals surface area contributed by atoms with Gasteiger partial charge in [0.1, 0.15) is 23.4 Å². The summed E-state index contributed by atoms with van der Waals surface area (Å²) in [5, 5.41) is 9.50. The number of nitrogens with zero attached hydrogens (tertiary/aromatic N) is 1. The number of carboxylic acids is 1. The molecule has 0 aromatic heterocycles. The summed E-state index contributed by atoms with van der Waals surface area (Å²) in [6.07, 6.45) is -0.276. The van der Waals surface area contributed by atoms with Crippen LogP contribution in [0.25, 0.3) is 0 Å². The molecule has 3 aromatic carbocycles. The summed E-state index contributed by atoms with van der Waals surface area (Å²) in [4.78, 5) is 22.7. The summed E-state index contributed by atoms with van der Waals surface area (Å²) < 4.78 is 71.8. The fraction of sp³-hybridized carbons (Fsp3) is 0.167. The normalized spacial score (nSPS) is 12.5. The van der Waals surface area contributed by atoms with E-state index in [0.717, 1.165) is 0 Å². The number of carboxylic acid groups (broad SMARTS) is 1. The lowest BCUT2D eigenvalue weighted by molar-refractivity contribution is -0.139. The highest BCUT2D eigenvalue weighted by Gasteiger charge is 2.27. The van der Waals surface area contributed by atoms with Crippen molar-refractivity contribution in [3.05, 3.63) is 84.7 Å². The van der Waals surface area contributed by atoms with E-state index < -0.39 is 37.9 Å². The van der Waals surface area contributed by atoms with E-state index in [9.17, 15) is 35.9 Å². The number of aliphatic carboxylic acids is 1. The van der Waals surface area contributed by atoms with Crippen molar-refractivity contribution in [2.45, 2.75) is 28.7 Å². The third-order valence-electron chi connectivity index (χ3n) is 5.12. The molecule has 1 amide bonds. The second kappa shape index (κ2) is 12.0. The molecular weight excluding hydrogens is 527 g/mol. The first kappa shape index (κ1) is 27.8. The van der Waals surface area contributed by atoms with Crippen molar-refractivity contribution < 1.29 is 40.7 Å². The van der Waals surface area contributed by atoms with E-state index in [1.54, 1.807) is 6.07 Å². The molecule has 0 aliphatic rings. The maximum absolute atomic E-state index is 13.0. The average Bonchev–Trinajstić information content (AvgIpc) is 2.88. The predicted molar refractivity (Wildman–Crippen MR) is 130 cm³/mol. The number of ether oxygens (including phenoxy) is 1. The molecule has 37 heavy (non-hydrogen) atoms. The molecule has 0 radical (unpaired) electrons. The SMILES string of the molecule is O=CN(CCC[C@@H](NS(=O)(=O)c1ccc(Oc2ccc(F)cc2)cc1)C(=O)O)S(=O)(=O)c1ccccc1. The molecule has 0 saturated heterocycles. The zero-order valence-corrected chi connectivity index (χ0v) is 20.9. The molecule has 3 aromatic rings. The molecule has 13 heteroatoms. The third kappa shape index (κ3) is 7.35. The van der Waals surface area contributed by atoms with E-state index in [0.29, 0.717) is 10.1 Å². The third-order valence-corrected chi connectivity index (χ3v) is 8.36. The Labute approximate surface area is 213 Å². The summed E-state index contributed by atoms with van der Waals surface area (Å²) >= 11 is 0. The minimum Gasteiger partial charge on any atom is -0.480 e. The van der Waals surface area contributed by atoms with Crippen molar-refractivity contribution >= 4 is 32.4 Å². The first-order valence-electron chi connectivity index (χ1n) is 10.8. The summed E-state index contributed by atoms with van der Waals surface area (Å²) in [6.45, 7) is -0.346. The molecule has 0 bridgehead atoms. The Morgan fingerprint density at radius 1 is 0.919 bits per heavy atom. The molecule has 0 saturated carbocycles. The summed E-state index contributed by atoms with van der Waals surface area (Å²) in [5.74, 6) is -1.30. The monoisotopic (exact) mass is 550 g/mol. The first-order valence-corrected chi connectivity index (χ1v) is 13.8. The summed E-state index contributed by atoms with van der Waals surface area (Å²) in [6, 6.07) is 16.0. The highest BCUT2D eigenvalue weighted by molar-refractivity contribution is 7.89. The molecule has 0 spiro atoms.